The molecule has 5 nitrogen and oxygen atoms in total. The van der Waals surface area contributed by atoms with Gasteiger partial charge in [0.05, 0.1) is 19.1 Å². The fourth-order valence-corrected chi connectivity index (χ4v) is 3.70. The molecule has 132 valence electrons. The highest BCUT2D eigenvalue weighted by Gasteiger charge is 2.33. The summed E-state index contributed by atoms with van der Waals surface area (Å²) in [5, 5.41) is 10.0. The van der Waals surface area contributed by atoms with Crippen LogP contribution in [0.2, 0.25) is 0 Å². The van der Waals surface area contributed by atoms with Gasteiger partial charge in [-0.3, -0.25) is 9.69 Å². The third-order valence-corrected chi connectivity index (χ3v) is 5.19. The van der Waals surface area contributed by atoms with Crippen LogP contribution >= 0.6 is 0 Å². The second-order valence-corrected chi connectivity index (χ2v) is 6.89. The van der Waals surface area contributed by atoms with E-state index in [2.05, 4.69) is 4.90 Å². The van der Waals surface area contributed by atoms with Gasteiger partial charge in [-0.05, 0) is 38.3 Å². The number of carbonyl (C=O) groups is 1. The molecule has 1 saturated heterocycles. The van der Waals surface area contributed by atoms with E-state index in [0.717, 1.165) is 51.2 Å². The number of rotatable bonds is 5. The number of benzene rings is 1. The van der Waals surface area contributed by atoms with E-state index >= 15 is 0 Å². The van der Waals surface area contributed by atoms with Gasteiger partial charge < -0.3 is 14.7 Å². The summed E-state index contributed by atoms with van der Waals surface area (Å²) >= 11 is 0. The zero-order chi connectivity index (χ0) is 16.9. The monoisotopic (exact) mass is 332 g/mol. The number of piperazine rings is 1. The zero-order valence-electron chi connectivity index (χ0n) is 14.5. The minimum absolute atomic E-state index is 0.161. The lowest BCUT2D eigenvalue weighted by atomic mass is 10.1. The Morgan fingerprint density at radius 3 is 2.50 bits per heavy atom. The lowest BCUT2D eigenvalue weighted by Crippen LogP contribution is -2.53. The normalized spacial score (nSPS) is 25.0. The van der Waals surface area contributed by atoms with Crippen LogP contribution in [-0.2, 0) is 4.79 Å². The molecule has 1 N–H and O–H groups in total. The van der Waals surface area contributed by atoms with Crippen molar-refractivity contribution in [2.24, 2.45) is 0 Å². The maximum Gasteiger partial charge on any atom is 0.226 e. The highest BCUT2D eigenvalue weighted by Crippen LogP contribution is 2.25. The van der Waals surface area contributed by atoms with E-state index < -0.39 is 0 Å². The van der Waals surface area contributed by atoms with Gasteiger partial charge in [-0.1, -0.05) is 17.7 Å². The quantitative estimate of drug-likeness (QED) is 0.894. The van der Waals surface area contributed by atoms with E-state index in [1.807, 2.05) is 36.1 Å². The first-order valence-corrected chi connectivity index (χ1v) is 9.03. The molecular weight excluding hydrogens is 304 g/mol. The maximum absolute atomic E-state index is 12.3. The maximum atomic E-state index is 12.3. The number of amides is 1. The number of nitrogens with zero attached hydrogens (tertiary/aromatic N) is 2. The van der Waals surface area contributed by atoms with Crippen LogP contribution in [0.5, 0.6) is 5.75 Å². The Morgan fingerprint density at radius 1 is 1.17 bits per heavy atom. The minimum atomic E-state index is -0.185. The van der Waals surface area contributed by atoms with Crippen molar-refractivity contribution in [2.75, 3.05) is 32.8 Å². The predicted molar refractivity (Wildman–Crippen MR) is 93.1 cm³/mol. The smallest absolute Gasteiger partial charge is 0.226 e. The van der Waals surface area contributed by atoms with Gasteiger partial charge in [0.15, 0.2) is 0 Å². The van der Waals surface area contributed by atoms with Crippen LogP contribution in [-0.4, -0.2) is 65.7 Å². The lowest BCUT2D eigenvalue weighted by Gasteiger charge is -2.39. The fourth-order valence-electron chi connectivity index (χ4n) is 3.70. The number of aryl methyl sites for hydroxylation is 1. The molecule has 0 radical (unpaired) electrons. The van der Waals surface area contributed by atoms with E-state index in [1.54, 1.807) is 0 Å². The van der Waals surface area contributed by atoms with Gasteiger partial charge in [-0.2, -0.15) is 0 Å². The summed E-state index contributed by atoms with van der Waals surface area (Å²) in [5.74, 6) is 0.974. The van der Waals surface area contributed by atoms with Crippen LogP contribution in [0.4, 0.5) is 0 Å². The largest absolute Gasteiger partial charge is 0.493 e. The van der Waals surface area contributed by atoms with Crippen LogP contribution in [0, 0.1) is 6.92 Å². The fraction of sp³-hybridized carbons (Fsp3) is 0.632. The Balaban J connectivity index is 1.38. The van der Waals surface area contributed by atoms with Crippen LogP contribution in [0.3, 0.4) is 0 Å². The van der Waals surface area contributed by atoms with Gasteiger partial charge in [-0.15, -0.1) is 0 Å². The number of hydrogen-bond acceptors (Lipinski definition) is 4. The van der Waals surface area contributed by atoms with E-state index in [4.69, 9.17) is 4.74 Å². The third kappa shape index (κ3) is 4.28. The Labute approximate surface area is 144 Å². The summed E-state index contributed by atoms with van der Waals surface area (Å²) in [4.78, 5) is 16.6. The van der Waals surface area contributed by atoms with Gasteiger partial charge in [0.25, 0.3) is 0 Å². The van der Waals surface area contributed by atoms with Crippen molar-refractivity contribution in [1.82, 2.24) is 9.80 Å². The van der Waals surface area contributed by atoms with Gasteiger partial charge in [0.1, 0.15) is 5.75 Å². The first kappa shape index (κ1) is 17.2. The van der Waals surface area contributed by atoms with Crippen LogP contribution < -0.4 is 4.74 Å². The molecule has 3 rings (SSSR count). The average Bonchev–Trinajstić information content (AvgIpc) is 3.03. The first-order chi connectivity index (χ1) is 11.6. The average molecular weight is 332 g/mol. The van der Waals surface area contributed by atoms with Crippen molar-refractivity contribution < 1.29 is 14.6 Å². The molecule has 1 aromatic rings. The number of ether oxygens (including phenoxy) is 1. The summed E-state index contributed by atoms with van der Waals surface area (Å²) in [5.41, 5.74) is 1.20. The van der Waals surface area contributed by atoms with Gasteiger partial charge in [-0.25, -0.2) is 0 Å². The molecule has 1 amide bonds. The molecule has 0 aromatic heterocycles. The molecule has 24 heavy (non-hydrogen) atoms. The summed E-state index contributed by atoms with van der Waals surface area (Å²) in [6.45, 7) is 5.71. The molecule has 2 atom stereocenters. The number of aliphatic hydroxyl groups is 1. The molecule has 2 unspecified atom stereocenters. The Bertz CT molecular complexity index is 538. The second kappa shape index (κ2) is 7.99. The minimum Gasteiger partial charge on any atom is -0.493 e. The van der Waals surface area contributed by atoms with Gasteiger partial charge in [0.2, 0.25) is 5.91 Å². The number of aliphatic hydroxyl groups excluding tert-OH is 1. The molecule has 1 aliphatic carbocycles. The van der Waals surface area contributed by atoms with Crippen molar-refractivity contribution in [3.8, 4) is 5.75 Å². The summed E-state index contributed by atoms with van der Waals surface area (Å²) in [6, 6.07) is 8.19. The molecule has 5 heteroatoms. The Morgan fingerprint density at radius 2 is 1.88 bits per heavy atom. The number of hydrogen-bond donors (Lipinski definition) is 1. The van der Waals surface area contributed by atoms with E-state index in [-0.39, 0.29) is 12.0 Å². The molecule has 1 aromatic carbocycles. The topological polar surface area (TPSA) is 53.0 Å². The van der Waals surface area contributed by atoms with Crippen molar-refractivity contribution in [1.29, 1.82) is 0 Å². The summed E-state index contributed by atoms with van der Waals surface area (Å²) in [6.07, 6.45) is 3.34. The van der Waals surface area contributed by atoms with E-state index in [9.17, 15) is 9.90 Å². The molecule has 1 heterocycles. The standard InChI is InChI=1S/C19H28N2O3/c1-15-5-7-16(8-6-15)24-14-9-19(23)21-12-10-20(11-13-21)17-3-2-4-18(17)22/h5-8,17-18,22H,2-4,9-14H2,1H3. The number of carbonyl (C=O) groups excluding carboxylic acids is 1. The van der Waals surface area contributed by atoms with Gasteiger partial charge in [0, 0.05) is 32.2 Å². The highest BCUT2D eigenvalue weighted by molar-refractivity contribution is 5.76. The van der Waals surface area contributed by atoms with Crippen LogP contribution in [0.1, 0.15) is 31.2 Å². The van der Waals surface area contributed by atoms with Gasteiger partial charge >= 0.3 is 0 Å². The molecule has 2 aliphatic rings. The molecule has 1 saturated carbocycles. The van der Waals surface area contributed by atoms with E-state index in [1.165, 1.54) is 5.56 Å². The Kier molecular flexibility index (Phi) is 5.74. The summed E-state index contributed by atoms with van der Waals surface area (Å²) in [7, 11) is 0. The second-order valence-electron chi connectivity index (χ2n) is 6.89. The van der Waals surface area contributed by atoms with Crippen LogP contribution in [0.15, 0.2) is 24.3 Å². The lowest BCUT2D eigenvalue weighted by molar-refractivity contribution is -0.134. The predicted octanol–water partition coefficient (Wildman–Crippen LogP) is 1.82. The van der Waals surface area contributed by atoms with Crippen LogP contribution in [0.25, 0.3) is 0 Å². The molecular formula is C19H28N2O3. The zero-order valence-corrected chi connectivity index (χ0v) is 14.5. The third-order valence-electron chi connectivity index (χ3n) is 5.19. The first-order valence-electron chi connectivity index (χ1n) is 9.03. The molecule has 2 fully saturated rings. The highest BCUT2D eigenvalue weighted by atomic mass is 16.5. The molecule has 0 spiro atoms. The molecule has 0 bridgehead atoms. The summed E-state index contributed by atoms with van der Waals surface area (Å²) < 4.78 is 5.65. The van der Waals surface area contributed by atoms with Crippen molar-refractivity contribution >= 4 is 5.91 Å². The van der Waals surface area contributed by atoms with Crippen molar-refractivity contribution in [2.45, 2.75) is 44.8 Å². The van der Waals surface area contributed by atoms with Crippen molar-refractivity contribution in [3.05, 3.63) is 29.8 Å². The SMILES string of the molecule is Cc1ccc(OCCC(=O)N2CCN(C3CCCC3O)CC2)cc1. The van der Waals surface area contributed by atoms with E-state index in [0.29, 0.717) is 19.1 Å². The Hall–Kier alpha value is -1.59. The molecule has 1 aliphatic heterocycles. The van der Waals surface area contributed by atoms with Crippen molar-refractivity contribution in [3.63, 3.8) is 0 Å².